The fraction of sp³-hybridized carbons (Fsp3) is 0.733. The number of esters is 1. The van der Waals surface area contributed by atoms with Crippen LogP contribution in [-0.2, 0) is 51.0 Å². The lowest BCUT2D eigenvalue weighted by atomic mass is 9.77. The van der Waals surface area contributed by atoms with Crippen LogP contribution in [0.4, 0.5) is 9.59 Å². The van der Waals surface area contributed by atoms with Gasteiger partial charge in [0.15, 0.2) is 18.0 Å². The molecule has 0 saturated carbocycles. The van der Waals surface area contributed by atoms with Crippen molar-refractivity contribution in [1.82, 2.24) is 35.6 Å². The molecule has 1 aromatic heterocycles. The third kappa shape index (κ3) is 11.9. The summed E-state index contributed by atoms with van der Waals surface area (Å²) >= 11 is 0. The molecule has 64 heavy (non-hydrogen) atoms. The SMILES string of the molecule is CCCc1ccc(-c2cn(CC(=O)NNC(=O)O[C@H]3[C@H](C)[C@@H](O[C@@H]4O[C@H](C)C[C@H](N(C)C)[C@H]4O)[C@](C)(O)C[C@@H](C)CN(C)[C@H](C)[C@H]4OC(=O)O[C@]4(C)[C@@H](CC)OC(=O)[C@@H]3C)nn2)cc1. The normalized spacial score (nSPS) is 35.5. The highest BCUT2D eigenvalue weighted by molar-refractivity contribution is 5.79. The molecule has 3 aliphatic heterocycles. The topological polar surface area (TPSA) is 225 Å². The van der Waals surface area contributed by atoms with E-state index in [1.807, 2.05) is 76.0 Å². The van der Waals surface area contributed by atoms with Crippen LogP contribution in [-0.4, -0.2) is 153 Å². The average Bonchev–Trinajstić information content (AvgIpc) is 3.82. The second kappa shape index (κ2) is 21.3. The number of likely N-dealkylation sites (N-methyl/N-ethyl adjacent to an activating group) is 2. The Labute approximate surface area is 376 Å². The summed E-state index contributed by atoms with van der Waals surface area (Å²) in [4.78, 5) is 57.8. The molecule has 19 heteroatoms. The van der Waals surface area contributed by atoms with Crippen molar-refractivity contribution in [1.29, 1.82) is 0 Å². The molecule has 0 unspecified atom stereocenters. The Morgan fingerprint density at radius 1 is 1.03 bits per heavy atom. The number of hydrazine groups is 1. The number of nitrogens with one attached hydrogen (secondary N) is 2. The van der Waals surface area contributed by atoms with Crippen LogP contribution in [0.1, 0.15) is 93.6 Å². The number of carbonyl (C=O) groups excluding carboxylic acids is 4. The van der Waals surface area contributed by atoms with Crippen molar-refractivity contribution in [3.8, 4) is 11.3 Å². The maximum absolute atomic E-state index is 14.4. The summed E-state index contributed by atoms with van der Waals surface area (Å²) in [6.45, 7) is 16.2. The Kier molecular flexibility index (Phi) is 16.8. The molecule has 0 spiro atoms. The summed E-state index contributed by atoms with van der Waals surface area (Å²) in [5.41, 5.74) is 4.13. The molecule has 2 aromatic rings. The van der Waals surface area contributed by atoms with Crippen LogP contribution in [0.5, 0.6) is 0 Å². The maximum atomic E-state index is 14.4. The van der Waals surface area contributed by atoms with E-state index in [1.165, 1.54) is 17.2 Å². The first-order valence-corrected chi connectivity index (χ1v) is 22.5. The van der Waals surface area contributed by atoms with Crippen LogP contribution in [0.3, 0.4) is 0 Å². The monoisotopic (exact) mass is 902 g/mol. The van der Waals surface area contributed by atoms with Gasteiger partial charge in [-0.05, 0) is 92.9 Å². The van der Waals surface area contributed by atoms with Gasteiger partial charge in [0, 0.05) is 30.1 Å². The van der Waals surface area contributed by atoms with Gasteiger partial charge in [0.1, 0.15) is 30.6 Å². The first-order chi connectivity index (χ1) is 30.1. The van der Waals surface area contributed by atoms with Crippen molar-refractivity contribution in [2.75, 3.05) is 27.7 Å². The highest BCUT2D eigenvalue weighted by atomic mass is 16.8. The minimum atomic E-state index is -1.69. The van der Waals surface area contributed by atoms with E-state index in [2.05, 4.69) is 28.1 Å². The van der Waals surface area contributed by atoms with Crippen LogP contribution in [0.2, 0.25) is 0 Å². The largest absolute Gasteiger partial charge is 0.509 e. The van der Waals surface area contributed by atoms with Crippen molar-refractivity contribution >= 4 is 24.1 Å². The number of fused-ring (bicyclic) bond motifs is 1. The summed E-state index contributed by atoms with van der Waals surface area (Å²) in [5, 5.41) is 32.4. The molecule has 3 aliphatic rings. The molecule has 1 aromatic carbocycles. The molecular weight excluding hydrogens is 831 g/mol. The number of carbonyl (C=O) groups is 4. The lowest BCUT2D eigenvalue weighted by Crippen LogP contribution is -2.59. The van der Waals surface area contributed by atoms with Crippen LogP contribution < -0.4 is 10.9 Å². The quantitative estimate of drug-likeness (QED) is 0.151. The number of cyclic esters (lactones) is 1. The minimum Gasteiger partial charge on any atom is -0.458 e. The Bertz CT molecular complexity index is 1900. The number of hydrogen-bond acceptors (Lipinski definition) is 16. The number of aromatic nitrogens is 3. The van der Waals surface area contributed by atoms with Gasteiger partial charge in [-0.15, -0.1) is 5.10 Å². The van der Waals surface area contributed by atoms with Gasteiger partial charge in [0.05, 0.1) is 29.9 Å². The zero-order chi connectivity index (χ0) is 47.3. The van der Waals surface area contributed by atoms with Crippen LogP contribution in [0.25, 0.3) is 11.3 Å². The van der Waals surface area contributed by atoms with E-state index in [9.17, 15) is 29.4 Å². The van der Waals surface area contributed by atoms with Gasteiger partial charge in [0.25, 0.3) is 5.91 Å². The second-order valence-corrected chi connectivity index (χ2v) is 18.8. The molecule has 0 bridgehead atoms. The van der Waals surface area contributed by atoms with E-state index >= 15 is 0 Å². The van der Waals surface area contributed by atoms with Crippen molar-refractivity contribution in [2.45, 2.75) is 167 Å². The Balaban J connectivity index is 1.43. The van der Waals surface area contributed by atoms with E-state index < -0.39 is 90.0 Å². The molecular formula is C45H71N7O12. The van der Waals surface area contributed by atoms with Gasteiger partial charge < -0.3 is 43.5 Å². The molecule has 358 valence electrons. The fourth-order valence-electron chi connectivity index (χ4n) is 9.64. The summed E-state index contributed by atoms with van der Waals surface area (Å²) in [6.07, 6.45) is -4.58. The van der Waals surface area contributed by atoms with Gasteiger partial charge in [-0.3, -0.25) is 19.9 Å². The van der Waals surface area contributed by atoms with E-state index in [0.717, 1.165) is 18.4 Å². The van der Waals surface area contributed by atoms with E-state index in [1.54, 1.807) is 33.9 Å². The Morgan fingerprint density at radius 3 is 2.36 bits per heavy atom. The number of aliphatic hydroxyl groups is 2. The smallest absolute Gasteiger partial charge is 0.458 e. The van der Waals surface area contributed by atoms with Crippen molar-refractivity contribution in [3.63, 3.8) is 0 Å². The molecule has 5 rings (SSSR count). The summed E-state index contributed by atoms with van der Waals surface area (Å²) in [7, 11) is 5.57. The van der Waals surface area contributed by atoms with Gasteiger partial charge in [-0.1, -0.05) is 63.6 Å². The van der Waals surface area contributed by atoms with E-state index in [4.69, 9.17) is 28.4 Å². The fourth-order valence-corrected chi connectivity index (χ4v) is 9.64. The van der Waals surface area contributed by atoms with Gasteiger partial charge in [0.2, 0.25) is 0 Å². The molecule has 3 fully saturated rings. The first kappa shape index (κ1) is 50.6. The van der Waals surface area contributed by atoms with Crippen LogP contribution in [0, 0.1) is 17.8 Å². The molecule has 0 radical (unpaired) electrons. The molecule has 4 N–H and O–H groups in total. The zero-order valence-electron chi connectivity index (χ0n) is 39.5. The predicted molar refractivity (Wildman–Crippen MR) is 233 cm³/mol. The van der Waals surface area contributed by atoms with Crippen LogP contribution >= 0.6 is 0 Å². The highest BCUT2D eigenvalue weighted by Crippen LogP contribution is 2.40. The predicted octanol–water partition coefficient (Wildman–Crippen LogP) is 3.83. The number of nitrogens with zero attached hydrogens (tertiary/aromatic N) is 5. The maximum Gasteiger partial charge on any atom is 0.509 e. The molecule has 3 saturated heterocycles. The molecule has 0 aliphatic carbocycles. The Morgan fingerprint density at radius 2 is 1.72 bits per heavy atom. The molecule has 4 heterocycles. The summed E-state index contributed by atoms with van der Waals surface area (Å²) in [5.74, 6) is -3.88. The first-order valence-electron chi connectivity index (χ1n) is 22.5. The molecule has 14 atom stereocenters. The Hall–Kier alpha value is -4.40. The number of amides is 2. The van der Waals surface area contributed by atoms with Crippen LogP contribution in [0.15, 0.2) is 30.5 Å². The van der Waals surface area contributed by atoms with E-state index in [0.29, 0.717) is 18.7 Å². The third-order valence-electron chi connectivity index (χ3n) is 13.1. The molecule has 2 amide bonds. The third-order valence-corrected chi connectivity index (χ3v) is 13.1. The number of aryl methyl sites for hydroxylation is 1. The lowest BCUT2D eigenvalue weighted by molar-refractivity contribution is -0.299. The lowest BCUT2D eigenvalue weighted by Gasteiger charge is -2.47. The second-order valence-electron chi connectivity index (χ2n) is 18.8. The van der Waals surface area contributed by atoms with Crippen molar-refractivity contribution in [2.24, 2.45) is 17.8 Å². The van der Waals surface area contributed by atoms with Crippen molar-refractivity contribution < 1.29 is 57.8 Å². The minimum absolute atomic E-state index is 0.145. The number of hydrogen-bond donors (Lipinski definition) is 4. The van der Waals surface area contributed by atoms with Gasteiger partial charge >= 0.3 is 18.2 Å². The summed E-state index contributed by atoms with van der Waals surface area (Å²) in [6, 6.07) is 7.18. The number of rotatable bonds is 10. The van der Waals surface area contributed by atoms with Crippen molar-refractivity contribution in [3.05, 3.63) is 36.0 Å². The zero-order valence-corrected chi connectivity index (χ0v) is 39.5. The van der Waals surface area contributed by atoms with E-state index in [-0.39, 0.29) is 37.5 Å². The average molecular weight is 902 g/mol. The number of aliphatic hydroxyl groups excluding tert-OH is 1. The summed E-state index contributed by atoms with van der Waals surface area (Å²) < 4.78 is 37.8. The van der Waals surface area contributed by atoms with Gasteiger partial charge in [-0.2, -0.15) is 0 Å². The standard InChI is InChI=1S/C45H71N7O12/c1-13-15-30-16-18-31(19-17-30)32-23-52(49-46-32)24-35(53)47-48-42(56)61-37-27(5)38(62-41-36(54)33(50(10)11)20-26(4)59-41)44(8,58)21-25(3)22-51(12)29(7)39-45(9,64-43(57)63-39)34(14-2)60-40(55)28(37)6/h16-19,23,25-29,33-34,36-39,41,54,58H,13-15,20-22,24H2,1-12H3,(H,47,53)(H,48,56)/t25-,26-,27+,28-,29-,33+,34-,36-,37+,38-,39-,41+,44-,45-/m1/s1. The number of benzene rings is 1. The number of ether oxygens (including phenoxy) is 6. The highest BCUT2D eigenvalue weighted by Gasteiger charge is 2.58. The molecule has 19 nitrogen and oxygen atoms in total. The van der Waals surface area contributed by atoms with Gasteiger partial charge in [-0.25, -0.2) is 19.7 Å².